The van der Waals surface area contributed by atoms with Crippen LogP contribution in [-0.4, -0.2) is 23.4 Å². The predicted molar refractivity (Wildman–Crippen MR) is 66.4 cm³/mol. The molecule has 0 amide bonds. The lowest BCUT2D eigenvalue weighted by Gasteiger charge is -2.30. The molecule has 0 spiro atoms. The van der Waals surface area contributed by atoms with Crippen LogP contribution in [0.25, 0.3) is 0 Å². The third kappa shape index (κ3) is 3.27. The summed E-state index contributed by atoms with van der Waals surface area (Å²) >= 11 is 0. The number of halogens is 1. The summed E-state index contributed by atoms with van der Waals surface area (Å²) in [6, 6.07) is 6.37. The van der Waals surface area contributed by atoms with Crippen LogP contribution in [0.4, 0.5) is 4.39 Å². The van der Waals surface area contributed by atoms with Crippen molar-refractivity contribution in [3.05, 3.63) is 35.6 Å². The molecule has 0 aliphatic heterocycles. The number of rotatable bonds is 7. The lowest BCUT2D eigenvalue weighted by atomic mass is 9.77. The summed E-state index contributed by atoms with van der Waals surface area (Å²) < 4.78 is 13.7. The summed E-state index contributed by atoms with van der Waals surface area (Å²) in [7, 11) is 0. The number of hydrogen-bond acceptors (Lipinski definition) is 2. The van der Waals surface area contributed by atoms with Gasteiger partial charge in [0.25, 0.3) is 0 Å². The first-order valence-corrected chi connectivity index (χ1v) is 6.17. The van der Waals surface area contributed by atoms with Crippen LogP contribution in [0.5, 0.6) is 0 Å². The first kappa shape index (κ1) is 14.1. The molecule has 0 saturated heterocycles. The molecule has 0 unspecified atom stereocenters. The summed E-state index contributed by atoms with van der Waals surface area (Å²) in [5, 5.41) is 19.1. The van der Waals surface area contributed by atoms with Gasteiger partial charge in [-0.2, -0.15) is 0 Å². The van der Waals surface area contributed by atoms with Crippen LogP contribution in [0.1, 0.15) is 38.2 Å². The molecular formula is C14H21FO2. The van der Waals surface area contributed by atoms with Gasteiger partial charge in [-0.1, -0.05) is 44.4 Å². The smallest absolute Gasteiger partial charge is 0.127 e. The third-order valence-corrected chi connectivity index (χ3v) is 3.31. The molecule has 0 radical (unpaired) electrons. The summed E-state index contributed by atoms with van der Waals surface area (Å²) in [6.45, 7) is 1.63. The highest BCUT2D eigenvalue weighted by Gasteiger charge is 2.32. The number of benzene rings is 1. The van der Waals surface area contributed by atoms with Crippen molar-refractivity contribution in [2.45, 2.75) is 38.0 Å². The van der Waals surface area contributed by atoms with Gasteiger partial charge in [0.15, 0.2) is 0 Å². The van der Waals surface area contributed by atoms with Crippen molar-refractivity contribution in [3.63, 3.8) is 0 Å². The monoisotopic (exact) mass is 240 g/mol. The quantitative estimate of drug-likeness (QED) is 0.719. The maximum Gasteiger partial charge on any atom is 0.127 e. The third-order valence-electron chi connectivity index (χ3n) is 3.31. The van der Waals surface area contributed by atoms with Crippen LogP contribution in [0, 0.1) is 5.82 Å². The second-order valence-electron chi connectivity index (χ2n) is 4.53. The van der Waals surface area contributed by atoms with Crippen LogP contribution in [0.15, 0.2) is 24.3 Å². The average Bonchev–Trinajstić information content (AvgIpc) is 2.36. The molecule has 3 heteroatoms. The molecule has 1 aromatic rings. The Balaban J connectivity index is 2.94. The highest BCUT2D eigenvalue weighted by molar-refractivity contribution is 5.27. The second-order valence-corrected chi connectivity index (χ2v) is 4.53. The van der Waals surface area contributed by atoms with Gasteiger partial charge in [0.05, 0.1) is 13.2 Å². The van der Waals surface area contributed by atoms with E-state index in [1.54, 1.807) is 18.2 Å². The van der Waals surface area contributed by atoms with Crippen molar-refractivity contribution in [2.24, 2.45) is 0 Å². The van der Waals surface area contributed by atoms with Crippen molar-refractivity contribution < 1.29 is 14.6 Å². The topological polar surface area (TPSA) is 40.5 Å². The predicted octanol–water partition coefficient (Wildman–Crippen LogP) is 2.63. The van der Waals surface area contributed by atoms with Gasteiger partial charge in [-0.3, -0.25) is 0 Å². The zero-order chi connectivity index (χ0) is 12.7. The minimum Gasteiger partial charge on any atom is -0.395 e. The van der Waals surface area contributed by atoms with Gasteiger partial charge in [-0.05, 0) is 18.1 Å². The highest BCUT2D eigenvalue weighted by atomic mass is 19.1. The Morgan fingerprint density at radius 1 is 1.12 bits per heavy atom. The molecule has 1 rings (SSSR count). The summed E-state index contributed by atoms with van der Waals surface area (Å²) in [6.07, 6.45) is 3.57. The van der Waals surface area contributed by atoms with Crippen LogP contribution in [0.2, 0.25) is 0 Å². The van der Waals surface area contributed by atoms with Crippen LogP contribution >= 0.6 is 0 Å². The zero-order valence-electron chi connectivity index (χ0n) is 10.3. The van der Waals surface area contributed by atoms with Crippen molar-refractivity contribution in [1.29, 1.82) is 0 Å². The van der Waals surface area contributed by atoms with Gasteiger partial charge < -0.3 is 10.2 Å². The molecule has 2 N–H and O–H groups in total. The number of aliphatic hydroxyl groups is 2. The van der Waals surface area contributed by atoms with E-state index >= 15 is 0 Å². The minimum absolute atomic E-state index is 0.228. The van der Waals surface area contributed by atoms with Crippen molar-refractivity contribution in [1.82, 2.24) is 0 Å². The van der Waals surface area contributed by atoms with Gasteiger partial charge in [-0.25, -0.2) is 4.39 Å². The van der Waals surface area contributed by atoms with Crippen LogP contribution in [-0.2, 0) is 5.41 Å². The van der Waals surface area contributed by atoms with Gasteiger partial charge >= 0.3 is 0 Å². The average molecular weight is 240 g/mol. The standard InChI is InChI=1S/C14H21FO2/c1-2-3-6-9-14(10-16,11-17)12-7-4-5-8-13(12)15/h4-5,7-8,16-17H,2-3,6,9-11H2,1H3. The number of aliphatic hydroxyl groups excluding tert-OH is 2. The molecule has 0 bridgehead atoms. The van der Waals surface area contributed by atoms with E-state index < -0.39 is 5.41 Å². The lowest BCUT2D eigenvalue weighted by molar-refractivity contribution is 0.104. The molecule has 0 atom stereocenters. The molecular weight excluding hydrogens is 219 g/mol. The van der Waals surface area contributed by atoms with E-state index in [1.165, 1.54) is 6.07 Å². The molecule has 0 saturated carbocycles. The van der Waals surface area contributed by atoms with E-state index in [2.05, 4.69) is 6.92 Å². The summed E-state index contributed by atoms with van der Waals surface area (Å²) in [5.41, 5.74) is -0.429. The Kier molecular flexibility index (Phi) is 5.59. The fraction of sp³-hybridized carbons (Fsp3) is 0.571. The van der Waals surface area contributed by atoms with Crippen LogP contribution < -0.4 is 0 Å². The maximum atomic E-state index is 13.7. The van der Waals surface area contributed by atoms with Gasteiger partial charge in [0.2, 0.25) is 0 Å². The molecule has 96 valence electrons. The number of hydrogen-bond donors (Lipinski definition) is 2. The second kappa shape index (κ2) is 6.72. The van der Waals surface area contributed by atoms with E-state index in [0.717, 1.165) is 19.3 Å². The molecule has 1 aromatic carbocycles. The Bertz CT molecular complexity index is 335. The highest BCUT2D eigenvalue weighted by Crippen LogP contribution is 2.31. The molecule has 2 nitrogen and oxygen atoms in total. The van der Waals surface area contributed by atoms with Gasteiger partial charge in [0.1, 0.15) is 5.82 Å². The van der Waals surface area contributed by atoms with Gasteiger partial charge in [-0.15, -0.1) is 0 Å². The van der Waals surface area contributed by atoms with E-state index in [9.17, 15) is 14.6 Å². The van der Waals surface area contributed by atoms with Crippen molar-refractivity contribution >= 4 is 0 Å². The first-order valence-electron chi connectivity index (χ1n) is 6.17. The Hall–Kier alpha value is -0.930. The normalized spacial score (nSPS) is 11.8. The maximum absolute atomic E-state index is 13.7. The fourth-order valence-electron chi connectivity index (χ4n) is 2.12. The Morgan fingerprint density at radius 2 is 1.76 bits per heavy atom. The first-order chi connectivity index (χ1) is 8.20. The Labute approximate surface area is 102 Å². The molecule has 0 aromatic heterocycles. The summed E-state index contributed by atoms with van der Waals surface area (Å²) in [5.74, 6) is -0.355. The van der Waals surface area contributed by atoms with E-state index in [-0.39, 0.29) is 19.0 Å². The largest absolute Gasteiger partial charge is 0.395 e. The molecule has 17 heavy (non-hydrogen) atoms. The van der Waals surface area contributed by atoms with Gasteiger partial charge in [0, 0.05) is 5.41 Å². The Morgan fingerprint density at radius 3 is 2.29 bits per heavy atom. The molecule has 0 fully saturated rings. The van der Waals surface area contributed by atoms with E-state index in [4.69, 9.17) is 0 Å². The minimum atomic E-state index is -0.847. The summed E-state index contributed by atoms with van der Waals surface area (Å²) in [4.78, 5) is 0. The molecule has 0 aliphatic carbocycles. The van der Waals surface area contributed by atoms with Crippen LogP contribution in [0.3, 0.4) is 0 Å². The van der Waals surface area contributed by atoms with E-state index in [1.807, 2.05) is 0 Å². The fourth-order valence-corrected chi connectivity index (χ4v) is 2.12. The molecule has 0 aliphatic rings. The lowest BCUT2D eigenvalue weighted by Crippen LogP contribution is -2.35. The van der Waals surface area contributed by atoms with Crippen molar-refractivity contribution in [3.8, 4) is 0 Å². The SMILES string of the molecule is CCCCCC(CO)(CO)c1ccccc1F. The number of unbranched alkanes of at least 4 members (excludes halogenated alkanes) is 2. The van der Waals surface area contributed by atoms with Crippen molar-refractivity contribution in [2.75, 3.05) is 13.2 Å². The molecule has 0 heterocycles. The van der Waals surface area contributed by atoms with E-state index in [0.29, 0.717) is 12.0 Å². The zero-order valence-corrected chi connectivity index (χ0v) is 10.3.